The SMILES string of the molecule is CCCCNC(=O)c1cccc(CSc2nc(Cl)cc(N(C)CCc3ccc(OC)c(OC)c3)n2)c1. The van der Waals surface area contributed by atoms with Gasteiger partial charge >= 0.3 is 0 Å². The number of benzene rings is 2. The lowest BCUT2D eigenvalue weighted by atomic mass is 10.1. The van der Waals surface area contributed by atoms with E-state index in [1.54, 1.807) is 20.3 Å². The zero-order valence-electron chi connectivity index (χ0n) is 21.2. The lowest BCUT2D eigenvalue weighted by Crippen LogP contribution is -2.24. The molecule has 0 bridgehead atoms. The van der Waals surface area contributed by atoms with Crippen molar-refractivity contribution in [2.45, 2.75) is 37.1 Å². The fraction of sp³-hybridized carbons (Fsp3) is 0.370. The van der Waals surface area contributed by atoms with Crippen LogP contribution >= 0.6 is 23.4 Å². The maximum absolute atomic E-state index is 12.4. The minimum atomic E-state index is -0.0484. The molecule has 0 aliphatic heterocycles. The van der Waals surface area contributed by atoms with E-state index < -0.39 is 0 Å². The molecule has 9 heteroatoms. The average molecular weight is 529 g/mol. The van der Waals surface area contributed by atoms with Crippen molar-refractivity contribution < 1.29 is 14.3 Å². The smallest absolute Gasteiger partial charge is 0.251 e. The number of unbranched alkanes of at least 4 members (excludes halogenated alkanes) is 1. The molecular formula is C27H33ClN4O3S. The van der Waals surface area contributed by atoms with E-state index in [0.29, 0.717) is 39.7 Å². The highest BCUT2D eigenvalue weighted by molar-refractivity contribution is 7.98. The molecular weight excluding hydrogens is 496 g/mol. The van der Waals surface area contributed by atoms with E-state index >= 15 is 0 Å². The summed E-state index contributed by atoms with van der Waals surface area (Å²) in [4.78, 5) is 23.5. The first kappa shape index (κ1) is 27.6. The van der Waals surface area contributed by atoms with Crippen LogP contribution in [0.5, 0.6) is 11.5 Å². The molecule has 0 aliphatic carbocycles. The zero-order chi connectivity index (χ0) is 25.9. The first-order chi connectivity index (χ1) is 17.4. The Labute approximate surface area is 222 Å². The van der Waals surface area contributed by atoms with Gasteiger partial charge < -0.3 is 19.7 Å². The maximum Gasteiger partial charge on any atom is 0.251 e. The van der Waals surface area contributed by atoms with Crippen molar-refractivity contribution in [3.63, 3.8) is 0 Å². The molecule has 3 rings (SSSR count). The van der Waals surface area contributed by atoms with Crippen LogP contribution in [0.25, 0.3) is 0 Å². The summed E-state index contributed by atoms with van der Waals surface area (Å²) in [5.74, 6) is 2.76. The van der Waals surface area contributed by atoms with Gasteiger partial charge in [0.2, 0.25) is 0 Å². The maximum atomic E-state index is 12.4. The van der Waals surface area contributed by atoms with Gasteiger partial charge in [-0.25, -0.2) is 9.97 Å². The van der Waals surface area contributed by atoms with Crippen molar-refractivity contribution in [2.75, 3.05) is 39.3 Å². The van der Waals surface area contributed by atoms with E-state index in [4.69, 9.17) is 26.1 Å². The Hall–Kier alpha value is -2.97. The van der Waals surface area contributed by atoms with Gasteiger partial charge in [0, 0.05) is 37.5 Å². The van der Waals surface area contributed by atoms with Gasteiger partial charge in [-0.3, -0.25) is 4.79 Å². The van der Waals surface area contributed by atoms with Gasteiger partial charge in [0.15, 0.2) is 16.7 Å². The molecule has 1 aromatic heterocycles. The quantitative estimate of drug-likeness (QED) is 0.133. The van der Waals surface area contributed by atoms with Crippen LogP contribution in [0.4, 0.5) is 5.82 Å². The number of carbonyl (C=O) groups excluding carboxylic acids is 1. The van der Waals surface area contributed by atoms with E-state index in [0.717, 1.165) is 42.8 Å². The van der Waals surface area contributed by atoms with Crippen LogP contribution in [0.1, 0.15) is 41.3 Å². The van der Waals surface area contributed by atoms with Crippen molar-refractivity contribution >= 4 is 35.1 Å². The van der Waals surface area contributed by atoms with Gasteiger partial charge in [0.25, 0.3) is 5.91 Å². The molecule has 1 amide bonds. The highest BCUT2D eigenvalue weighted by Crippen LogP contribution is 2.28. The van der Waals surface area contributed by atoms with Crippen LogP contribution < -0.4 is 19.7 Å². The molecule has 0 fully saturated rings. The second-order valence-electron chi connectivity index (χ2n) is 8.29. The standard InChI is InChI=1S/C27H33ClN4O3S/c1-5-6-13-29-26(33)21-9-7-8-20(15-21)18-36-27-30-24(28)17-25(31-27)32(2)14-12-19-10-11-22(34-3)23(16-19)35-4/h7-11,15-17H,5-6,12-14,18H2,1-4H3,(H,29,33). The Morgan fingerprint density at radius 3 is 2.61 bits per heavy atom. The molecule has 0 aliphatic rings. The molecule has 36 heavy (non-hydrogen) atoms. The Kier molecular flexibility index (Phi) is 10.7. The summed E-state index contributed by atoms with van der Waals surface area (Å²) < 4.78 is 10.7. The molecule has 0 radical (unpaired) electrons. The molecule has 0 spiro atoms. The number of ether oxygens (including phenoxy) is 2. The predicted molar refractivity (Wildman–Crippen MR) is 147 cm³/mol. The highest BCUT2D eigenvalue weighted by atomic mass is 35.5. The van der Waals surface area contributed by atoms with Crippen molar-refractivity contribution in [1.82, 2.24) is 15.3 Å². The van der Waals surface area contributed by atoms with Crippen molar-refractivity contribution in [3.8, 4) is 11.5 Å². The average Bonchev–Trinajstić information content (AvgIpc) is 2.90. The number of nitrogens with one attached hydrogen (secondary N) is 1. The van der Waals surface area contributed by atoms with Crippen LogP contribution in [-0.2, 0) is 12.2 Å². The fourth-order valence-electron chi connectivity index (χ4n) is 3.52. The minimum Gasteiger partial charge on any atom is -0.493 e. The Balaban J connectivity index is 1.61. The van der Waals surface area contributed by atoms with E-state index in [9.17, 15) is 4.79 Å². The molecule has 0 unspecified atom stereocenters. The van der Waals surface area contributed by atoms with Gasteiger partial charge in [0.1, 0.15) is 11.0 Å². The number of nitrogens with zero attached hydrogens (tertiary/aromatic N) is 3. The largest absolute Gasteiger partial charge is 0.493 e. The summed E-state index contributed by atoms with van der Waals surface area (Å²) in [5.41, 5.74) is 2.81. The van der Waals surface area contributed by atoms with Gasteiger partial charge in [-0.2, -0.15) is 0 Å². The second-order valence-corrected chi connectivity index (χ2v) is 9.62. The number of likely N-dealkylation sites (N-methyl/N-ethyl adjacent to an activating group) is 1. The third-order valence-corrected chi connectivity index (χ3v) is 6.72. The summed E-state index contributed by atoms with van der Waals surface area (Å²) in [6.45, 7) is 3.53. The number of methoxy groups -OCH3 is 2. The normalized spacial score (nSPS) is 10.7. The van der Waals surface area contributed by atoms with Gasteiger partial charge in [-0.05, 0) is 48.2 Å². The van der Waals surface area contributed by atoms with Crippen LogP contribution in [0.2, 0.25) is 5.15 Å². The summed E-state index contributed by atoms with van der Waals surface area (Å²) in [5, 5.41) is 3.94. The molecule has 1 heterocycles. The summed E-state index contributed by atoms with van der Waals surface area (Å²) in [6.07, 6.45) is 2.82. The number of anilines is 1. The van der Waals surface area contributed by atoms with E-state index in [1.807, 2.05) is 49.5 Å². The van der Waals surface area contributed by atoms with Crippen molar-refractivity contribution in [3.05, 3.63) is 70.4 Å². The molecule has 2 aromatic carbocycles. The fourth-order valence-corrected chi connectivity index (χ4v) is 4.55. The van der Waals surface area contributed by atoms with Gasteiger partial charge in [-0.15, -0.1) is 0 Å². The van der Waals surface area contributed by atoms with Crippen molar-refractivity contribution in [1.29, 1.82) is 0 Å². The number of thioether (sulfide) groups is 1. The third-order valence-electron chi connectivity index (χ3n) is 5.61. The lowest BCUT2D eigenvalue weighted by molar-refractivity contribution is 0.0953. The van der Waals surface area contributed by atoms with E-state index in [2.05, 4.69) is 22.1 Å². The third kappa shape index (κ3) is 8.03. The molecule has 3 aromatic rings. The lowest BCUT2D eigenvalue weighted by Gasteiger charge is -2.19. The van der Waals surface area contributed by atoms with Crippen LogP contribution in [0, 0.1) is 0 Å². The number of halogens is 1. The minimum absolute atomic E-state index is 0.0484. The Morgan fingerprint density at radius 2 is 1.86 bits per heavy atom. The van der Waals surface area contributed by atoms with Crippen molar-refractivity contribution in [2.24, 2.45) is 0 Å². The first-order valence-corrected chi connectivity index (χ1v) is 13.3. The second kappa shape index (κ2) is 13.9. The monoisotopic (exact) mass is 528 g/mol. The first-order valence-electron chi connectivity index (χ1n) is 11.9. The number of hydrogen-bond donors (Lipinski definition) is 1. The van der Waals surface area contributed by atoms with Crippen LogP contribution in [0.3, 0.4) is 0 Å². The zero-order valence-corrected chi connectivity index (χ0v) is 22.8. The molecule has 7 nitrogen and oxygen atoms in total. The van der Waals surface area contributed by atoms with Gasteiger partial charge in [-0.1, -0.05) is 54.9 Å². The number of amides is 1. The predicted octanol–water partition coefficient (Wildman–Crippen LogP) is 5.65. The van der Waals surface area contributed by atoms with Crippen LogP contribution in [-0.4, -0.2) is 50.2 Å². The summed E-state index contributed by atoms with van der Waals surface area (Å²) in [6, 6.07) is 15.3. The number of carbonyl (C=O) groups is 1. The highest BCUT2D eigenvalue weighted by Gasteiger charge is 2.11. The molecule has 1 N–H and O–H groups in total. The summed E-state index contributed by atoms with van der Waals surface area (Å²) in [7, 11) is 5.24. The molecule has 0 atom stereocenters. The Bertz CT molecular complexity index is 1160. The van der Waals surface area contributed by atoms with Crippen LogP contribution in [0.15, 0.2) is 53.7 Å². The van der Waals surface area contributed by atoms with E-state index in [1.165, 1.54) is 11.8 Å². The Morgan fingerprint density at radius 1 is 1.06 bits per heavy atom. The molecule has 192 valence electrons. The topological polar surface area (TPSA) is 76.6 Å². The molecule has 0 saturated carbocycles. The number of hydrogen-bond acceptors (Lipinski definition) is 7. The summed E-state index contributed by atoms with van der Waals surface area (Å²) >= 11 is 7.81. The number of rotatable bonds is 13. The van der Waals surface area contributed by atoms with Gasteiger partial charge in [0.05, 0.1) is 14.2 Å². The molecule has 0 saturated heterocycles. The van der Waals surface area contributed by atoms with E-state index in [-0.39, 0.29) is 5.91 Å². The number of aromatic nitrogens is 2.